The maximum absolute atomic E-state index is 11.0. The molecule has 0 saturated carbocycles. The van der Waals surface area contributed by atoms with Crippen LogP contribution in [0.15, 0.2) is 24.3 Å². The molecule has 1 aromatic rings. The van der Waals surface area contributed by atoms with Crippen LogP contribution in [0, 0.1) is 0 Å². The molecule has 1 fully saturated rings. The highest BCUT2D eigenvalue weighted by molar-refractivity contribution is 5.65. The maximum Gasteiger partial charge on any atom is 0.407 e. The molecule has 5 nitrogen and oxygen atoms in total. The van der Waals surface area contributed by atoms with Crippen molar-refractivity contribution in [3.8, 4) is 5.75 Å². The number of carboxylic acid groups (broad SMARTS) is 1. The molecule has 1 heterocycles. The van der Waals surface area contributed by atoms with Crippen molar-refractivity contribution in [3.05, 3.63) is 29.8 Å². The van der Waals surface area contributed by atoms with Gasteiger partial charge in [-0.25, -0.2) is 4.79 Å². The molecule has 1 aliphatic rings. The Morgan fingerprint density at radius 1 is 1.44 bits per heavy atom. The minimum absolute atomic E-state index is 0.00833. The van der Waals surface area contributed by atoms with Crippen LogP contribution in [0.2, 0.25) is 0 Å². The van der Waals surface area contributed by atoms with Gasteiger partial charge in [-0.05, 0) is 24.1 Å². The minimum atomic E-state index is -0.875. The van der Waals surface area contributed by atoms with Gasteiger partial charge < -0.3 is 20.5 Å². The Morgan fingerprint density at radius 3 is 2.67 bits per heavy atom. The summed E-state index contributed by atoms with van der Waals surface area (Å²) in [5.74, 6) is 0.846. The zero-order valence-corrected chi connectivity index (χ0v) is 10.4. The molecule has 1 saturated heterocycles. The third kappa shape index (κ3) is 2.56. The first kappa shape index (κ1) is 12.7. The van der Waals surface area contributed by atoms with Crippen molar-refractivity contribution < 1.29 is 14.6 Å². The molecule has 0 radical (unpaired) electrons. The molecule has 0 aromatic heterocycles. The quantitative estimate of drug-likeness (QED) is 0.833. The zero-order chi connectivity index (χ0) is 13.1. The van der Waals surface area contributed by atoms with Crippen LogP contribution in [0.5, 0.6) is 5.75 Å². The van der Waals surface area contributed by atoms with Gasteiger partial charge in [-0.1, -0.05) is 12.1 Å². The first-order valence-corrected chi connectivity index (χ1v) is 5.99. The average Bonchev–Trinajstić information content (AvgIpc) is 2.39. The lowest BCUT2D eigenvalue weighted by molar-refractivity contribution is 0.126. The second-order valence-corrected chi connectivity index (χ2v) is 4.56. The molecule has 5 heteroatoms. The number of nitrogens with two attached hydrogens (primary N) is 1. The normalized spacial score (nSPS) is 23.8. The Kier molecular flexibility index (Phi) is 3.72. The van der Waals surface area contributed by atoms with Crippen LogP contribution < -0.4 is 10.5 Å². The molecule has 98 valence electrons. The van der Waals surface area contributed by atoms with E-state index in [1.807, 2.05) is 24.3 Å². The van der Waals surface area contributed by atoms with Gasteiger partial charge in [0, 0.05) is 25.0 Å². The summed E-state index contributed by atoms with van der Waals surface area (Å²) in [4.78, 5) is 12.4. The predicted molar refractivity (Wildman–Crippen MR) is 67.9 cm³/mol. The van der Waals surface area contributed by atoms with Gasteiger partial charge in [-0.15, -0.1) is 0 Å². The van der Waals surface area contributed by atoms with E-state index in [4.69, 9.17) is 15.6 Å². The zero-order valence-electron chi connectivity index (χ0n) is 10.4. The van der Waals surface area contributed by atoms with Gasteiger partial charge in [0.15, 0.2) is 0 Å². The summed E-state index contributed by atoms with van der Waals surface area (Å²) in [5, 5.41) is 9.04. The summed E-state index contributed by atoms with van der Waals surface area (Å²) in [7, 11) is 1.62. The Balaban J connectivity index is 2.15. The number of hydrogen-bond donors (Lipinski definition) is 2. The first-order valence-electron chi connectivity index (χ1n) is 5.99. The molecular weight excluding hydrogens is 232 g/mol. The fraction of sp³-hybridized carbons (Fsp3) is 0.462. The van der Waals surface area contributed by atoms with Crippen molar-refractivity contribution in [2.75, 3.05) is 20.2 Å². The summed E-state index contributed by atoms with van der Waals surface area (Å²) in [6, 6.07) is 7.67. The van der Waals surface area contributed by atoms with Gasteiger partial charge in [0.25, 0.3) is 0 Å². The van der Waals surface area contributed by atoms with E-state index in [0.717, 1.165) is 11.3 Å². The summed E-state index contributed by atoms with van der Waals surface area (Å²) < 4.78 is 5.11. The van der Waals surface area contributed by atoms with Crippen molar-refractivity contribution >= 4 is 6.09 Å². The van der Waals surface area contributed by atoms with Gasteiger partial charge in [-0.3, -0.25) is 0 Å². The number of amides is 1. The molecule has 3 N–H and O–H groups in total. The Bertz CT molecular complexity index is 419. The number of piperidine rings is 1. The first-order chi connectivity index (χ1) is 8.61. The standard InChI is InChI=1S/C13H18N2O3/c1-18-10-4-2-9(3-5-10)11-8-15(13(16)17)7-6-12(11)14/h2-5,11-12H,6-8,14H2,1H3,(H,16,17)/t11-,12+/m0/s1. The molecule has 18 heavy (non-hydrogen) atoms. The van der Waals surface area contributed by atoms with E-state index in [1.165, 1.54) is 4.90 Å². The molecule has 0 unspecified atom stereocenters. The number of hydrogen-bond acceptors (Lipinski definition) is 3. The van der Waals surface area contributed by atoms with Crippen LogP contribution in [0.3, 0.4) is 0 Å². The second kappa shape index (κ2) is 5.27. The lowest BCUT2D eigenvalue weighted by Crippen LogP contribution is -2.47. The van der Waals surface area contributed by atoms with Crippen LogP contribution in [-0.2, 0) is 0 Å². The van der Waals surface area contributed by atoms with Crippen molar-refractivity contribution in [1.82, 2.24) is 4.90 Å². The van der Waals surface area contributed by atoms with Crippen molar-refractivity contribution in [2.24, 2.45) is 5.73 Å². The second-order valence-electron chi connectivity index (χ2n) is 4.56. The lowest BCUT2D eigenvalue weighted by Gasteiger charge is -2.35. The van der Waals surface area contributed by atoms with Crippen molar-refractivity contribution in [2.45, 2.75) is 18.4 Å². The van der Waals surface area contributed by atoms with Gasteiger partial charge >= 0.3 is 6.09 Å². The molecule has 2 atom stereocenters. The van der Waals surface area contributed by atoms with Crippen LogP contribution in [0.1, 0.15) is 17.9 Å². The van der Waals surface area contributed by atoms with E-state index >= 15 is 0 Å². The van der Waals surface area contributed by atoms with E-state index in [-0.39, 0.29) is 12.0 Å². The lowest BCUT2D eigenvalue weighted by atomic mass is 9.87. The number of likely N-dealkylation sites (tertiary alicyclic amines) is 1. The van der Waals surface area contributed by atoms with Crippen molar-refractivity contribution in [1.29, 1.82) is 0 Å². The highest BCUT2D eigenvalue weighted by Gasteiger charge is 2.30. The number of ether oxygens (including phenoxy) is 1. The number of nitrogens with zero attached hydrogens (tertiary/aromatic N) is 1. The molecule has 1 aliphatic heterocycles. The average molecular weight is 250 g/mol. The number of rotatable bonds is 2. The maximum atomic E-state index is 11.0. The molecule has 1 amide bonds. The fourth-order valence-corrected chi connectivity index (χ4v) is 2.35. The highest BCUT2D eigenvalue weighted by atomic mass is 16.5. The molecule has 1 aromatic carbocycles. The predicted octanol–water partition coefficient (Wildman–Crippen LogP) is 1.49. The van der Waals surface area contributed by atoms with Crippen LogP contribution in [0.4, 0.5) is 4.79 Å². The number of carbonyl (C=O) groups is 1. The topological polar surface area (TPSA) is 75.8 Å². The number of benzene rings is 1. The molecule has 2 rings (SSSR count). The smallest absolute Gasteiger partial charge is 0.407 e. The highest BCUT2D eigenvalue weighted by Crippen LogP contribution is 2.27. The largest absolute Gasteiger partial charge is 0.497 e. The van der Waals surface area contributed by atoms with E-state index < -0.39 is 6.09 Å². The van der Waals surface area contributed by atoms with Crippen LogP contribution in [-0.4, -0.2) is 42.3 Å². The Hall–Kier alpha value is -1.75. The Labute approximate surface area is 106 Å². The van der Waals surface area contributed by atoms with E-state index in [0.29, 0.717) is 19.5 Å². The summed E-state index contributed by atoms with van der Waals surface area (Å²) in [6.07, 6.45) is -0.177. The summed E-state index contributed by atoms with van der Waals surface area (Å²) >= 11 is 0. The third-order valence-corrected chi connectivity index (χ3v) is 3.48. The van der Waals surface area contributed by atoms with Gasteiger partial charge in [0.2, 0.25) is 0 Å². The van der Waals surface area contributed by atoms with E-state index in [1.54, 1.807) is 7.11 Å². The molecule has 0 bridgehead atoms. The summed E-state index contributed by atoms with van der Waals surface area (Å²) in [6.45, 7) is 0.978. The molecule has 0 spiro atoms. The Morgan fingerprint density at radius 2 is 2.11 bits per heavy atom. The monoisotopic (exact) mass is 250 g/mol. The van der Waals surface area contributed by atoms with E-state index in [2.05, 4.69) is 0 Å². The van der Waals surface area contributed by atoms with Gasteiger partial charge in [0.1, 0.15) is 5.75 Å². The summed E-state index contributed by atoms with van der Waals surface area (Å²) in [5.41, 5.74) is 7.16. The minimum Gasteiger partial charge on any atom is -0.497 e. The van der Waals surface area contributed by atoms with Gasteiger partial charge in [0.05, 0.1) is 7.11 Å². The number of methoxy groups -OCH3 is 1. The third-order valence-electron chi connectivity index (χ3n) is 3.48. The molecule has 0 aliphatic carbocycles. The molecular formula is C13H18N2O3. The fourth-order valence-electron chi connectivity index (χ4n) is 2.35. The van der Waals surface area contributed by atoms with Gasteiger partial charge in [-0.2, -0.15) is 0 Å². The van der Waals surface area contributed by atoms with E-state index in [9.17, 15) is 4.79 Å². The van der Waals surface area contributed by atoms with Crippen molar-refractivity contribution in [3.63, 3.8) is 0 Å². The van der Waals surface area contributed by atoms with Crippen LogP contribution in [0.25, 0.3) is 0 Å². The van der Waals surface area contributed by atoms with Crippen LogP contribution >= 0.6 is 0 Å². The SMILES string of the molecule is COc1ccc([C@@H]2CN(C(=O)O)CC[C@H]2N)cc1.